The molecule has 2 amide bonds. The summed E-state index contributed by atoms with van der Waals surface area (Å²) in [7, 11) is 0. The van der Waals surface area contributed by atoms with E-state index in [-0.39, 0.29) is 24.5 Å². The zero-order valence-electron chi connectivity index (χ0n) is 12.4. The Morgan fingerprint density at radius 3 is 2.67 bits per heavy atom. The summed E-state index contributed by atoms with van der Waals surface area (Å²) < 4.78 is 0. The average molecular weight is 294 g/mol. The first-order valence-electron chi connectivity index (χ1n) is 7.28. The van der Waals surface area contributed by atoms with E-state index in [0.717, 1.165) is 19.3 Å². The van der Waals surface area contributed by atoms with Crippen LogP contribution < -0.4 is 5.32 Å². The van der Waals surface area contributed by atoms with E-state index in [0.29, 0.717) is 5.69 Å². The van der Waals surface area contributed by atoms with E-state index in [4.69, 9.17) is 0 Å². The fraction of sp³-hybridized carbons (Fsp3) is 0.643. The molecular formula is C14H22N4O3. The number of urea groups is 1. The quantitative estimate of drug-likeness (QED) is 0.781. The second-order valence-electron chi connectivity index (χ2n) is 5.66. The van der Waals surface area contributed by atoms with Crippen molar-refractivity contribution in [2.24, 2.45) is 0 Å². The lowest BCUT2D eigenvalue weighted by Gasteiger charge is -2.39. The Bertz CT molecular complexity index is 478. The summed E-state index contributed by atoms with van der Waals surface area (Å²) in [6.07, 6.45) is 6.26. The molecule has 0 aromatic carbocycles. The number of carbonyl (C=O) groups is 2. The van der Waals surface area contributed by atoms with Gasteiger partial charge >= 0.3 is 12.0 Å². The maximum atomic E-state index is 12.4. The molecule has 21 heavy (non-hydrogen) atoms. The fourth-order valence-electron chi connectivity index (χ4n) is 2.86. The normalized spacial score (nSPS) is 23.6. The van der Waals surface area contributed by atoms with Crippen molar-refractivity contribution in [3.63, 3.8) is 0 Å². The molecule has 2 heterocycles. The summed E-state index contributed by atoms with van der Waals surface area (Å²) >= 11 is 0. The van der Waals surface area contributed by atoms with Crippen LogP contribution in [0.2, 0.25) is 0 Å². The Hall–Kier alpha value is -2.05. The minimum atomic E-state index is -1.05. The Labute approximate surface area is 123 Å². The third-order valence-electron chi connectivity index (χ3n) is 4.00. The molecule has 3 N–H and O–H groups in total. The maximum absolute atomic E-state index is 12.4. The summed E-state index contributed by atoms with van der Waals surface area (Å²) in [5, 5.41) is 11.9. The van der Waals surface area contributed by atoms with Crippen LogP contribution in [0, 0.1) is 0 Å². The fourth-order valence-corrected chi connectivity index (χ4v) is 2.86. The van der Waals surface area contributed by atoms with Crippen molar-refractivity contribution in [1.29, 1.82) is 0 Å². The number of aromatic amines is 1. The van der Waals surface area contributed by atoms with Gasteiger partial charge in [0.05, 0.1) is 6.33 Å². The van der Waals surface area contributed by atoms with E-state index in [2.05, 4.69) is 15.3 Å². The summed E-state index contributed by atoms with van der Waals surface area (Å²) in [6, 6.07) is -0.994. The molecule has 1 aromatic rings. The van der Waals surface area contributed by atoms with Crippen LogP contribution in [0.1, 0.15) is 38.8 Å². The monoisotopic (exact) mass is 294 g/mol. The number of aromatic nitrogens is 2. The number of nitrogens with zero attached hydrogens (tertiary/aromatic N) is 2. The van der Waals surface area contributed by atoms with Crippen molar-refractivity contribution in [3.05, 3.63) is 18.2 Å². The summed E-state index contributed by atoms with van der Waals surface area (Å²) in [5.41, 5.74) is 0.683. The van der Waals surface area contributed by atoms with Crippen molar-refractivity contribution < 1.29 is 14.7 Å². The van der Waals surface area contributed by atoms with Crippen LogP contribution in [0.4, 0.5) is 4.79 Å². The molecule has 0 bridgehead atoms. The van der Waals surface area contributed by atoms with Gasteiger partial charge in [-0.25, -0.2) is 14.6 Å². The molecule has 7 heteroatoms. The van der Waals surface area contributed by atoms with Crippen molar-refractivity contribution in [3.8, 4) is 0 Å². The van der Waals surface area contributed by atoms with Crippen LogP contribution >= 0.6 is 0 Å². The topological polar surface area (TPSA) is 98.3 Å². The molecule has 1 aliphatic heterocycles. The molecule has 3 atom stereocenters. The standard InChI is InChI=1S/C14H22N4O3/c1-9-4-3-5-10(2)18(9)14(21)17-12(13(19)20)6-11-7-15-8-16-11/h7-10,12H,3-6H2,1-2H3,(H,15,16)(H,17,21)(H,19,20)/t9-,10+,12-/m1/s1. The first-order chi connectivity index (χ1) is 9.99. The second kappa shape index (κ2) is 6.60. The molecule has 0 saturated carbocycles. The van der Waals surface area contributed by atoms with Crippen molar-refractivity contribution >= 4 is 12.0 Å². The maximum Gasteiger partial charge on any atom is 0.326 e. The highest BCUT2D eigenvalue weighted by Gasteiger charge is 2.31. The lowest BCUT2D eigenvalue weighted by atomic mass is 9.98. The molecule has 1 saturated heterocycles. The number of rotatable bonds is 4. The third kappa shape index (κ3) is 3.74. The van der Waals surface area contributed by atoms with Crippen LogP contribution in [0.3, 0.4) is 0 Å². The first-order valence-corrected chi connectivity index (χ1v) is 7.28. The van der Waals surface area contributed by atoms with Crippen LogP contribution in [0.25, 0.3) is 0 Å². The Kier molecular flexibility index (Phi) is 4.82. The van der Waals surface area contributed by atoms with Crippen molar-refractivity contribution in [2.45, 2.75) is 57.7 Å². The van der Waals surface area contributed by atoms with Gasteiger partial charge < -0.3 is 20.3 Å². The van der Waals surface area contributed by atoms with Gasteiger partial charge in [0.1, 0.15) is 6.04 Å². The molecule has 0 aliphatic carbocycles. The number of aliphatic carboxylic acids is 1. The molecule has 2 rings (SSSR count). The van der Waals surface area contributed by atoms with E-state index in [1.54, 1.807) is 11.1 Å². The number of carboxylic acids is 1. The molecular weight excluding hydrogens is 272 g/mol. The predicted molar refractivity (Wildman–Crippen MR) is 76.9 cm³/mol. The number of H-pyrrole nitrogens is 1. The van der Waals surface area contributed by atoms with E-state index in [1.807, 2.05) is 13.8 Å². The molecule has 0 radical (unpaired) electrons. The number of amides is 2. The van der Waals surface area contributed by atoms with Gasteiger partial charge in [0, 0.05) is 30.4 Å². The number of imidazole rings is 1. The minimum absolute atomic E-state index is 0.135. The highest BCUT2D eigenvalue weighted by Crippen LogP contribution is 2.22. The second-order valence-corrected chi connectivity index (χ2v) is 5.66. The molecule has 1 aliphatic rings. The van der Waals surface area contributed by atoms with Gasteiger partial charge in [0.25, 0.3) is 0 Å². The van der Waals surface area contributed by atoms with E-state index < -0.39 is 12.0 Å². The van der Waals surface area contributed by atoms with Crippen LogP contribution in [-0.4, -0.2) is 50.1 Å². The van der Waals surface area contributed by atoms with Crippen LogP contribution in [0.5, 0.6) is 0 Å². The van der Waals surface area contributed by atoms with Gasteiger partial charge in [0.15, 0.2) is 0 Å². The highest BCUT2D eigenvalue weighted by molar-refractivity contribution is 5.83. The minimum Gasteiger partial charge on any atom is -0.480 e. The summed E-state index contributed by atoms with van der Waals surface area (Å²) in [5.74, 6) is -1.05. The molecule has 1 aromatic heterocycles. The predicted octanol–water partition coefficient (Wildman–Crippen LogP) is 1.38. The SMILES string of the molecule is C[C@@H]1CCC[C@H](C)N1C(=O)N[C@H](Cc1cnc[nH]1)C(=O)O. The van der Waals surface area contributed by atoms with E-state index >= 15 is 0 Å². The lowest BCUT2D eigenvalue weighted by Crippen LogP contribution is -2.55. The number of carbonyl (C=O) groups excluding carboxylic acids is 1. The van der Waals surface area contributed by atoms with Crippen LogP contribution in [0.15, 0.2) is 12.5 Å². The van der Waals surface area contributed by atoms with Crippen molar-refractivity contribution in [1.82, 2.24) is 20.2 Å². The van der Waals surface area contributed by atoms with Gasteiger partial charge in [-0.05, 0) is 33.1 Å². The summed E-state index contributed by atoms with van der Waals surface area (Å²) in [6.45, 7) is 4.00. The van der Waals surface area contributed by atoms with E-state index in [1.165, 1.54) is 6.33 Å². The van der Waals surface area contributed by atoms with Gasteiger partial charge in [0.2, 0.25) is 0 Å². The highest BCUT2D eigenvalue weighted by atomic mass is 16.4. The molecule has 0 spiro atoms. The number of carboxylic acid groups (broad SMARTS) is 1. The molecule has 0 unspecified atom stereocenters. The Balaban J connectivity index is 2.02. The van der Waals surface area contributed by atoms with Gasteiger partial charge in [-0.2, -0.15) is 0 Å². The Morgan fingerprint density at radius 1 is 1.48 bits per heavy atom. The molecule has 7 nitrogen and oxygen atoms in total. The number of nitrogens with one attached hydrogen (secondary N) is 2. The van der Waals surface area contributed by atoms with Gasteiger partial charge in [-0.1, -0.05) is 0 Å². The number of likely N-dealkylation sites (tertiary alicyclic amines) is 1. The first kappa shape index (κ1) is 15.3. The smallest absolute Gasteiger partial charge is 0.326 e. The Morgan fingerprint density at radius 2 is 2.14 bits per heavy atom. The number of hydrogen-bond donors (Lipinski definition) is 3. The third-order valence-corrected chi connectivity index (χ3v) is 4.00. The average Bonchev–Trinajstić information content (AvgIpc) is 2.90. The molecule has 116 valence electrons. The number of hydrogen-bond acceptors (Lipinski definition) is 3. The van der Waals surface area contributed by atoms with E-state index in [9.17, 15) is 14.7 Å². The largest absolute Gasteiger partial charge is 0.480 e. The zero-order valence-corrected chi connectivity index (χ0v) is 12.4. The van der Waals surface area contributed by atoms with Gasteiger partial charge in [-0.3, -0.25) is 0 Å². The van der Waals surface area contributed by atoms with Gasteiger partial charge in [-0.15, -0.1) is 0 Å². The lowest BCUT2D eigenvalue weighted by molar-refractivity contribution is -0.139. The molecule has 1 fully saturated rings. The van der Waals surface area contributed by atoms with Crippen molar-refractivity contribution in [2.75, 3.05) is 0 Å². The zero-order chi connectivity index (χ0) is 15.4. The van der Waals surface area contributed by atoms with Crippen LogP contribution in [-0.2, 0) is 11.2 Å². The number of piperidine rings is 1. The summed E-state index contributed by atoms with van der Waals surface area (Å²) in [4.78, 5) is 32.2.